The summed E-state index contributed by atoms with van der Waals surface area (Å²) in [7, 11) is 6.60. The molecule has 0 saturated carbocycles. The summed E-state index contributed by atoms with van der Waals surface area (Å²) in [5.74, 6) is 1.99. The molecule has 0 radical (unpaired) electrons. The molecule has 3 heteroatoms. The molecule has 1 unspecified atom stereocenters. The first-order chi connectivity index (χ1) is 17.7. The number of ether oxygens (including phenoxy) is 2. The standard InChI is InChI=1S/C36H51O2P/c1-33(2,3)25-18-22(19-26(31(25)37-13)34(4,5)6)24-16-15-17-29(39)30(24)23-20-27(35(7,8)9)32(38-14)28(21-23)36(10,11)12/h15-21H,39H2,1-14H3. The van der Waals surface area contributed by atoms with E-state index < -0.39 is 0 Å². The molecule has 3 aromatic rings. The van der Waals surface area contributed by atoms with Crippen molar-refractivity contribution in [3.05, 3.63) is 64.7 Å². The van der Waals surface area contributed by atoms with Gasteiger partial charge in [0.2, 0.25) is 0 Å². The average molecular weight is 547 g/mol. The Morgan fingerprint density at radius 2 is 0.846 bits per heavy atom. The molecule has 212 valence electrons. The van der Waals surface area contributed by atoms with Crippen LogP contribution in [-0.4, -0.2) is 14.2 Å². The fourth-order valence-corrected chi connectivity index (χ4v) is 5.79. The minimum absolute atomic E-state index is 0.0704. The van der Waals surface area contributed by atoms with Gasteiger partial charge >= 0.3 is 0 Å². The Kier molecular flexibility index (Phi) is 8.48. The summed E-state index contributed by atoms with van der Waals surface area (Å²) in [4.78, 5) is 0. The zero-order chi connectivity index (χ0) is 29.7. The van der Waals surface area contributed by atoms with Gasteiger partial charge in [0.1, 0.15) is 11.5 Å². The summed E-state index contributed by atoms with van der Waals surface area (Å²) >= 11 is 0. The first-order valence-corrected chi connectivity index (χ1v) is 14.6. The third kappa shape index (κ3) is 6.38. The monoisotopic (exact) mass is 546 g/mol. The summed E-state index contributed by atoms with van der Waals surface area (Å²) in [6.07, 6.45) is 0. The van der Waals surface area contributed by atoms with Crippen LogP contribution in [0.5, 0.6) is 11.5 Å². The van der Waals surface area contributed by atoms with Gasteiger partial charge in [-0.15, -0.1) is 9.24 Å². The lowest BCUT2D eigenvalue weighted by Gasteiger charge is -2.31. The van der Waals surface area contributed by atoms with E-state index in [9.17, 15) is 0 Å². The Morgan fingerprint density at radius 3 is 1.15 bits per heavy atom. The van der Waals surface area contributed by atoms with Crippen molar-refractivity contribution in [3.8, 4) is 33.8 Å². The summed E-state index contributed by atoms with van der Waals surface area (Å²) in [5.41, 5.74) is 9.54. The van der Waals surface area contributed by atoms with Crippen LogP contribution in [-0.2, 0) is 21.7 Å². The lowest BCUT2D eigenvalue weighted by molar-refractivity contribution is 0.381. The number of hydrogen-bond donors (Lipinski definition) is 0. The summed E-state index contributed by atoms with van der Waals surface area (Å²) < 4.78 is 12.2. The molecule has 0 spiro atoms. The molecule has 1 atom stereocenters. The lowest BCUT2D eigenvalue weighted by atomic mass is 9.76. The molecule has 0 aliphatic carbocycles. The first kappa shape index (κ1) is 31.2. The highest BCUT2D eigenvalue weighted by atomic mass is 31.0. The summed E-state index contributed by atoms with van der Waals surface area (Å²) in [6.45, 7) is 27.2. The maximum atomic E-state index is 6.08. The molecular formula is C36H51O2P. The largest absolute Gasteiger partial charge is 0.496 e. The van der Waals surface area contributed by atoms with Gasteiger partial charge in [-0.1, -0.05) is 101 Å². The Bertz CT molecular complexity index is 1280. The van der Waals surface area contributed by atoms with E-state index >= 15 is 0 Å². The predicted octanol–water partition coefficient (Wildman–Crippen LogP) is 9.73. The zero-order valence-electron chi connectivity index (χ0n) is 26.9. The van der Waals surface area contributed by atoms with Crippen LogP contribution < -0.4 is 14.8 Å². The third-order valence-corrected chi connectivity index (χ3v) is 8.00. The highest BCUT2D eigenvalue weighted by molar-refractivity contribution is 7.28. The molecule has 2 nitrogen and oxygen atoms in total. The first-order valence-electron chi connectivity index (χ1n) is 14.1. The molecule has 0 aromatic heterocycles. The van der Waals surface area contributed by atoms with Crippen LogP contribution in [0.1, 0.15) is 105 Å². The molecular weight excluding hydrogens is 495 g/mol. The van der Waals surface area contributed by atoms with Crippen LogP contribution in [0, 0.1) is 0 Å². The van der Waals surface area contributed by atoms with Gasteiger partial charge < -0.3 is 9.47 Å². The minimum Gasteiger partial charge on any atom is -0.496 e. The quantitative estimate of drug-likeness (QED) is 0.303. The van der Waals surface area contributed by atoms with Crippen molar-refractivity contribution in [1.29, 1.82) is 0 Å². The van der Waals surface area contributed by atoms with Crippen LogP contribution in [0.3, 0.4) is 0 Å². The second-order valence-electron chi connectivity index (χ2n) is 15.0. The van der Waals surface area contributed by atoms with Crippen LogP contribution in [0.25, 0.3) is 22.3 Å². The van der Waals surface area contributed by atoms with Gasteiger partial charge in [0, 0.05) is 22.3 Å². The zero-order valence-corrected chi connectivity index (χ0v) is 28.1. The number of methoxy groups -OCH3 is 2. The fraction of sp³-hybridized carbons (Fsp3) is 0.500. The van der Waals surface area contributed by atoms with Gasteiger partial charge in [0.05, 0.1) is 14.2 Å². The molecule has 0 aliphatic rings. The van der Waals surface area contributed by atoms with Crippen LogP contribution in [0.2, 0.25) is 0 Å². The minimum atomic E-state index is -0.0731. The van der Waals surface area contributed by atoms with Crippen LogP contribution >= 0.6 is 9.24 Å². The van der Waals surface area contributed by atoms with Crippen molar-refractivity contribution in [2.45, 2.75) is 105 Å². The van der Waals surface area contributed by atoms with Crippen LogP contribution in [0.15, 0.2) is 42.5 Å². The van der Waals surface area contributed by atoms with E-state index in [1.807, 2.05) is 0 Å². The SMILES string of the molecule is COc1c(C(C)(C)C)cc(-c2cccc(P)c2-c2cc(C(C)(C)C)c(OC)c(C(C)(C)C)c2)cc1C(C)(C)C. The molecule has 0 heterocycles. The van der Waals surface area contributed by atoms with Crippen LogP contribution in [0.4, 0.5) is 0 Å². The highest BCUT2D eigenvalue weighted by Crippen LogP contribution is 2.47. The van der Waals surface area contributed by atoms with Gasteiger partial charge in [0.25, 0.3) is 0 Å². The van der Waals surface area contributed by atoms with Gasteiger partial charge in [-0.05, 0) is 73.5 Å². The molecule has 0 bridgehead atoms. The number of rotatable bonds is 4. The Hall–Kier alpha value is -2.31. The summed E-state index contributed by atoms with van der Waals surface area (Å²) in [5, 5.41) is 1.18. The Morgan fingerprint density at radius 1 is 0.513 bits per heavy atom. The van der Waals surface area contributed by atoms with E-state index in [0.29, 0.717) is 0 Å². The topological polar surface area (TPSA) is 18.5 Å². The third-order valence-electron chi connectivity index (χ3n) is 7.51. The molecule has 0 aliphatic heterocycles. The molecule has 3 aromatic carbocycles. The normalized spacial score (nSPS) is 13.0. The van der Waals surface area contributed by atoms with E-state index in [1.165, 1.54) is 49.8 Å². The van der Waals surface area contributed by atoms with E-state index in [0.717, 1.165) is 11.5 Å². The Labute approximate surface area is 241 Å². The highest BCUT2D eigenvalue weighted by Gasteiger charge is 2.30. The van der Waals surface area contributed by atoms with Gasteiger partial charge in [-0.2, -0.15) is 0 Å². The molecule has 0 saturated heterocycles. The molecule has 0 amide bonds. The molecule has 0 N–H and O–H groups in total. The maximum absolute atomic E-state index is 6.08. The van der Waals surface area contributed by atoms with Gasteiger partial charge in [0.15, 0.2) is 0 Å². The lowest BCUT2D eigenvalue weighted by Crippen LogP contribution is -2.20. The fourth-order valence-electron chi connectivity index (χ4n) is 5.36. The van der Waals surface area contributed by atoms with Gasteiger partial charge in [-0.3, -0.25) is 0 Å². The van der Waals surface area contributed by atoms with E-state index in [1.54, 1.807) is 14.2 Å². The molecule has 39 heavy (non-hydrogen) atoms. The smallest absolute Gasteiger partial charge is 0.126 e. The number of hydrogen-bond acceptors (Lipinski definition) is 2. The summed E-state index contributed by atoms with van der Waals surface area (Å²) in [6, 6.07) is 16.0. The van der Waals surface area contributed by atoms with E-state index in [-0.39, 0.29) is 21.7 Å². The van der Waals surface area contributed by atoms with Crippen molar-refractivity contribution in [2.75, 3.05) is 14.2 Å². The van der Waals surface area contributed by atoms with E-state index in [4.69, 9.17) is 9.47 Å². The molecule has 0 fully saturated rings. The second kappa shape index (κ2) is 10.6. The predicted molar refractivity (Wildman–Crippen MR) is 175 cm³/mol. The Balaban J connectivity index is 2.50. The van der Waals surface area contributed by atoms with Crippen molar-refractivity contribution >= 4 is 14.5 Å². The second-order valence-corrected chi connectivity index (χ2v) is 15.6. The van der Waals surface area contributed by atoms with Crippen molar-refractivity contribution < 1.29 is 9.47 Å². The van der Waals surface area contributed by atoms with Gasteiger partial charge in [-0.25, -0.2) is 0 Å². The van der Waals surface area contributed by atoms with Crippen molar-refractivity contribution in [3.63, 3.8) is 0 Å². The average Bonchev–Trinajstić information content (AvgIpc) is 2.79. The van der Waals surface area contributed by atoms with Crippen molar-refractivity contribution in [2.24, 2.45) is 0 Å². The molecule has 3 rings (SSSR count). The van der Waals surface area contributed by atoms with Crippen molar-refractivity contribution in [1.82, 2.24) is 0 Å². The number of benzene rings is 3. The van der Waals surface area contributed by atoms with E-state index in [2.05, 4.69) is 135 Å². The maximum Gasteiger partial charge on any atom is 0.126 e.